The van der Waals surface area contributed by atoms with Crippen LogP contribution >= 0.6 is 11.8 Å². The maximum absolute atomic E-state index is 13.4. The summed E-state index contributed by atoms with van der Waals surface area (Å²) >= 11 is 1.28. The van der Waals surface area contributed by atoms with Crippen molar-refractivity contribution in [3.63, 3.8) is 0 Å². The van der Waals surface area contributed by atoms with Crippen molar-refractivity contribution in [1.29, 1.82) is 0 Å². The lowest BCUT2D eigenvalue weighted by atomic mass is 10.1. The van der Waals surface area contributed by atoms with Crippen LogP contribution in [0.2, 0.25) is 0 Å². The van der Waals surface area contributed by atoms with Gasteiger partial charge >= 0.3 is 5.97 Å². The number of aliphatic imine (C=N–C) groups is 1. The Balaban J connectivity index is 1.51. The number of rotatable bonds is 10. The summed E-state index contributed by atoms with van der Waals surface area (Å²) in [6.07, 6.45) is 0.636. The second-order valence-corrected chi connectivity index (χ2v) is 10.1. The zero-order valence-electron chi connectivity index (χ0n) is 22.2. The SMILES string of the molecule is CCOC(=O)c1ccc(N=C2S[C@@H](CC(=O)Nc3cccc(C)c3)C(=O)N2CCc2ccc(OC)cc2)cc1. The molecule has 2 amide bonds. The fraction of sp³-hybridized carbons (Fsp3) is 0.267. The molecule has 3 aromatic carbocycles. The van der Waals surface area contributed by atoms with Crippen molar-refractivity contribution < 1.29 is 23.9 Å². The van der Waals surface area contributed by atoms with Gasteiger partial charge in [0.15, 0.2) is 5.17 Å². The third-order valence-electron chi connectivity index (χ3n) is 6.08. The van der Waals surface area contributed by atoms with Crippen LogP contribution in [0.25, 0.3) is 0 Å². The van der Waals surface area contributed by atoms with Crippen LogP contribution in [0.5, 0.6) is 5.75 Å². The number of anilines is 1. The van der Waals surface area contributed by atoms with Gasteiger partial charge in [0.2, 0.25) is 11.8 Å². The Morgan fingerprint density at radius 3 is 2.46 bits per heavy atom. The molecule has 8 nitrogen and oxygen atoms in total. The predicted molar refractivity (Wildman–Crippen MR) is 154 cm³/mol. The number of carbonyl (C=O) groups is 3. The molecule has 1 heterocycles. The molecular formula is C30H31N3O5S. The molecule has 39 heavy (non-hydrogen) atoms. The molecule has 1 aliphatic rings. The number of amides is 2. The lowest BCUT2D eigenvalue weighted by Gasteiger charge is -2.17. The first kappa shape index (κ1) is 27.9. The quantitative estimate of drug-likeness (QED) is 0.344. The van der Waals surface area contributed by atoms with Gasteiger partial charge in [0.25, 0.3) is 0 Å². The van der Waals surface area contributed by atoms with Gasteiger partial charge in [0.1, 0.15) is 11.0 Å². The molecule has 1 saturated heterocycles. The Bertz CT molecular complexity index is 1360. The van der Waals surface area contributed by atoms with Gasteiger partial charge in [-0.2, -0.15) is 0 Å². The fourth-order valence-corrected chi connectivity index (χ4v) is 5.25. The van der Waals surface area contributed by atoms with Crippen LogP contribution in [0, 0.1) is 6.92 Å². The number of aryl methyl sites for hydroxylation is 1. The number of nitrogens with one attached hydrogen (secondary N) is 1. The summed E-state index contributed by atoms with van der Waals surface area (Å²) in [5.74, 6) is -0.0286. The average molecular weight is 546 g/mol. The van der Waals surface area contributed by atoms with E-state index in [-0.39, 0.29) is 18.2 Å². The van der Waals surface area contributed by atoms with Crippen molar-refractivity contribution in [2.45, 2.75) is 31.9 Å². The van der Waals surface area contributed by atoms with E-state index in [9.17, 15) is 14.4 Å². The van der Waals surface area contributed by atoms with E-state index in [1.807, 2.05) is 55.5 Å². The van der Waals surface area contributed by atoms with Crippen LogP contribution in [0.3, 0.4) is 0 Å². The van der Waals surface area contributed by atoms with Crippen molar-refractivity contribution in [2.75, 3.05) is 25.6 Å². The van der Waals surface area contributed by atoms with Crippen LogP contribution in [0.15, 0.2) is 77.8 Å². The molecule has 0 aromatic heterocycles. The number of carbonyl (C=O) groups excluding carboxylic acids is 3. The second-order valence-electron chi connectivity index (χ2n) is 8.98. The molecule has 0 unspecified atom stereocenters. The smallest absolute Gasteiger partial charge is 0.338 e. The Morgan fingerprint density at radius 2 is 1.79 bits per heavy atom. The van der Waals surface area contributed by atoms with Gasteiger partial charge < -0.3 is 14.8 Å². The number of ether oxygens (including phenoxy) is 2. The molecule has 1 aliphatic heterocycles. The lowest BCUT2D eigenvalue weighted by molar-refractivity contribution is -0.128. The van der Waals surface area contributed by atoms with E-state index in [4.69, 9.17) is 14.5 Å². The van der Waals surface area contributed by atoms with Gasteiger partial charge in [-0.15, -0.1) is 0 Å². The molecule has 1 atom stereocenters. The van der Waals surface area contributed by atoms with Gasteiger partial charge in [-0.3, -0.25) is 14.5 Å². The Kier molecular flexibility index (Phi) is 9.38. The summed E-state index contributed by atoms with van der Waals surface area (Å²) in [6.45, 7) is 4.41. The predicted octanol–water partition coefficient (Wildman–Crippen LogP) is 5.38. The number of methoxy groups -OCH3 is 1. The normalized spacial score (nSPS) is 15.9. The first-order valence-electron chi connectivity index (χ1n) is 12.7. The van der Waals surface area contributed by atoms with Gasteiger partial charge in [-0.25, -0.2) is 9.79 Å². The minimum atomic E-state index is -0.594. The van der Waals surface area contributed by atoms with Crippen LogP contribution in [-0.2, 0) is 20.7 Å². The number of nitrogens with zero attached hydrogens (tertiary/aromatic N) is 2. The molecule has 1 N–H and O–H groups in total. The minimum Gasteiger partial charge on any atom is -0.497 e. The highest BCUT2D eigenvalue weighted by Crippen LogP contribution is 2.32. The summed E-state index contributed by atoms with van der Waals surface area (Å²) in [4.78, 5) is 44.6. The summed E-state index contributed by atoms with van der Waals surface area (Å²) in [5, 5.41) is 2.81. The molecule has 0 bridgehead atoms. The molecule has 1 fully saturated rings. The Labute approximate surface area is 232 Å². The van der Waals surface area contributed by atoms with Crippen molar-refractivity contribution in [3.8, 4) is 5.75 Å². The van der Waals surface area contributed by atoms with E-state index in [0.717, 1.165) is 16.9 Å². The molecule has 0 radical (unpaired) electrons. The van der Waals surface area contributed by atoms with Crippen LogP contribution in [0.1, 0.15) is 34.8 Å². The first-order chi connectivity index (χ1) is 18.9. The van der Waals surface area contributed by atoms with Crippen molar-refractivity contribution in [3.05, 3.63) is 89.5 Å². The standard InChI is InChI=1S/C30H31N3O5S/c1-4-38-29(36)22-10-12-23(13-11-22)32-30-33(17-16-21-8-14-25(37-3)15-9-21)28(35)26(39-30)19-27(34)31-24-7-5-6-20(2)18-24/h5-15,18,26H,4,16-17,19H2,1-3H3,(H,31,34)/t26-/m0/s1. The number of hydrogen-bond acceptors (Lipinski definition) is 7. The molecule has 202 valence electrons. The van der Waals surface area contributed by atoms with E-state index in [2.05, 4.69) is 5.32 Å². The average Bonchev–Trinajstić information content (AvgIpc) is 3.21. The molecule has 3 aromatic rings. The van der Waals surface area contributed by atoms with E-state index in [1.54, 1.807) is 43.2 Å². The summed E-state index contributed by atoms with van der Waals surface area (Å²) < 4.78 is 10.3. The maximum Gasteiger partial charge on any atom is 0.338 e. The van der Waals surface area contributed by atoms with Crippen molar-refractivity contribution in [2.24, 2.45) is 4.99 Å². The minimum absolute atomic E-state index is 0.0251. The topological polar surface area (TPSA) is 97.3 Å². The Morgan fingerprint density at radius 1 is 1.05 bits per heavy atom. The van der Waals surface area contributed by atoms with E-state index in [0.29, 0.717) is 41.7 Å². The highest BCUT2D eigenvalue weighted by atomic mass is 32.2. The molecule has 0 spiro atoms. The third kappa shape index (κ3) is 7.48. The highest BCUT2D eigenvalue weighted by molar-refractivity contribution is 8.15. The fourth-order valence-electron chi connectivity index (χ4n) is 4.06. The summed E-state index contributed by atoms with van der Waals surface area (Å²) in [6, 6.07) is 21.9. The zero-order chi connectivity index (χ0) is 27.8. The summed E-state index contributed by atoms with van der Waals surface area (Å²) in [7, 11) is 1.62. The van der Waals surface area contributed by atoms with Gasteiger partial charge in [0, 0.05) is 18.7 Å². The van der Waals surface area contributed by atoms with E-state index >= 15 is 0 Å². The number of benzene rings is 3. The molecule has 0 saturated carbocycles. The highest BCUT2D eigenvalue weighted by Gasteiger charge is 2.39. The number of hydrogen-bond donors (Lipinski definition) is 1. The Hall–Kier alpha value is -4.11. The molecule has 0 aliphatic carbocycles. The molecule has 9 heteroatoms. The van der Waals surface area contributed by atoms with E-state index in [1.165, 1.54) is 11.8 Å². The van der Waals surface area contributed by atoms with Crippen LogP contribution in [-0.4, -0.2) is 53.4 Å². The largest absolute Gasteiger partial charge is 0.497 e. The summed E-state index contributed by atoms with van der Waals surface area (Å²) in [5.41, 5.74) is 3.80. The van der Waals surface area contributed by atoms with Gasteiger partial charge in [-0.1, -0.05) is 36.0 Å². The van der Waals surface area contributed by atoms with Gasteiger partial charge in [-0.05, 0) is 79.9 Å². The van der Waals surface area contributed by atoms with E-state index < -0.39 is 11.2 Å². The first-order valence-corrected chi connectivity index (χ1v) is 13.6. The number of thioether (sulfide) groups is 1. The molecular weight excluding hydrogens is 514 g/mol. The second kappa shape index (κ2) is 13.1. The monoisotopic (exact) mass is 545 g/mol. The number of amidine groups is 1. The zero-order valence-corrected chi connectivity index (χ0v) is 23.0. The van der Waals surface area contributed by atoms with Crippen LogP contribution < -0.4 is 10.1 Å². The van der Waals surface area contributed by atoms with Crippen molar-refractivity contribution in [1.82, 2.24) is 4.90 Å². The van der Waals surface area contributed by atoms with Crippen LogP contribution in [0.4, 0.5) is 11.4 Å². The van der Waals surface area contributed by atoms with Crippen molar-refractivity contribution >= 4 is 46.1 Å². The lowest BCUT2D eigenvalue weighted by Crippen LogP contribution is -2.35. The number of esters is 1. The maximum atomic E-state index is 13.4. The molecule has 4 rings (SSSR count). The third-order valence-corrected chi connectivity index (χ3v) is 7.25. The van der Waals surface area contributed by atoms with Gasteiger partial charge in [0.05, 0.1) is 25.0 Å².